The van der Waals surface area contributed by atoms with Gasteiger partial charge >= 0.3 is 0 Å². The Morgan fingerprint density at radius 3 is 3.15 bits per heavy atom. The molecule has 5 nitrogen and oxygen atoms in total. The predicted octanol–water partition coefficient (Wildman–Crippen LogP) is 1.19. The van der Waals surface area contributed by atoms with Crippen molar-refractivity contribution in [1.29, 1.82) is 0 Å². The molecular formula is C15H18N4O. The molecule has 2 heterocycles. The Bertz CT molecular complexity index is 635. The van der Waals surface area contributed by atoms with Crippen LogP contribution in [0.1, 0.15) is 18.4 Å². The van der Waals surface area contributed by atoms with Gasteiger partial charge in [0.2, 0.25) is 5.91 Å². The van der Waals surface area contributed by atoms with Crippen molar-refractivity contribution in [1.82, 2.24) is 15.6 Å². The molecule has 1 atom stereocenters. The first-order chi connectivity index (χ1) is 9.74. The summed E-state index contributed by atoms with van der Waals surface area (Å²) in [5.41, 5.74) is 6.90. The molecule has 1 aliphatic heterocycles. The average molecular weight is 270 g/mol. The highest BCUT2D eigenvalue weighted by Crippen LogP contribution is 2.20. The van der Waals surface area contributed by atoms with Gasteiger partial charge in [-0.15, -0.1) is 0 Å². The number of benzene rings is 1. The number of nitrogens with zero attached hydrogens (tertiary/aromatic N) is 1. The standard InChI is InChI=1S/C15H18N4O/c16-14-12-8-10(3-4-11(12)5-7-18-14)9-19-15(20)13-2-1-6-17-13/h3-5,7-8,13,17H,1-2,6,9H2,(H2,16,18)(H,19,20)/t13-/m0/s1. The molecule has 2 aromatic rings. The van der Waals surface area contributed by atoms with Crippen LogP contribution < -0.4 is 16.4 Å². The normalized spacial score (nSPS) is 18.3. The van der Waals surface area contributed by atoms with E-state index < -0.39 is 0 Å². The average Bonchev–Trinajstić information content (AvgIpc) is 3.00. The van der Waals surface area contributed by atoms with Crippen LogP contribution in [0.5, 0.6) is 0 Å². The van der Waals surface area contributed by atoms with Crippen molar-refractivity contribution < 1.29 is 4.79 Å². The van der Waals surface area contributed by atoms with Gasteiger partial charge in [0, 0.05) is 18.1 Å². The van der Waals surface area contributed by atoms with E-state index in [0.29, 0.717) is 12.4 Å². The number of aromatic nitrogens is 1. The molecule has 1 aromatic heterocycles. The zero-order valence-electron chi connectivity index (χ0n) is 11.2. The quantitative estimate of drug-likeness (QED) is 0.782. The Hall–Kier alpha value is -2.14. The number of nitrogens with one attached hydrogen (secondary N) is 2. The largest absolute Gasteiger partial charge is 0.383 e. The summed E-state index contributed by atoms with van der Waals surface area (Å²) in [6.07, 6.45) is 3.68. The third-order valence-corrected chi connectivity index (χ3v) is 3.70. The van der Waals surface area contributed by atoms with Gasteiger partial charge in [-0.05, 0) is 42.5 Å². The van der Waals surface area contributed by atoms with Gasteiger partial charge in [-0.1, -0.05) is 12.1 Å². The maximum atomic E-state index is 11.9. The van der Waals surface area contributed by atoms with Crippen molar-refractivity contribution in [2.45, 2.75) is 25.4 Å². The van der Waals surface area contributed by atoms with Crippen LogP contribution in [0.4, 0.5) is 5.82 Å². The molecule has 104 valence electrons. The second kappa shape index (κ2) is 5.46. The molecule has 0 bridgehead atoms. The molecule has 1 aromatic carbocycles. The Kier molecular flexibility index (Phi) is 3.52. The molecule has 0 spiro atoms. The van der Waals surface area contributed by atoms with Crippen LogP contribution in [0, 0.1) is 0 Å². The number of rotatable bonds is 3. The maximum Gasteiger partial charge on any atom is 0.237 e. The lowest BCUT2D eigenvalue weighted by molar-refractivity contribution is -0.122. The number of pyridine rings is 1. The monoisotopic (exact) mass is 270 g/mol. The van der Waals surface area contributed by atoms with Crippen LogP contribution in [0.3, 0.4) is 0 Å². The maximum absolute atomic E-state index is 11.9. The topological polar surface area (TPSA) is 80.0 Å². The number of anilines is 1. The fourth-order valence-electron chi connectivity index (χ4n) is 2.57. The molecule has 1 saturated heterocycles. The van der Waals surface area contributed by atoms with E-state index in [1.165, 1.54) is 0 Å². The second-order valence-electron chi connectivity index (χ2n) is 5.12. The van der Waals surface area contributed by atoms with E-state index in [-0.39, 0.29) is 11.9 Å². The van der Waals surface area contributed by atoms with Crippen LogP contribution in [-0.2, 0) is 11.3 Å². The fourth-order valence-corrected chi connectivity index (χ4v) is 2.57. The van der Waals surface area contributed by atoms with Gasteiger partial charge in [-0.25, -0.2) is 4.98 Å². The van der Waals surface area contributed by atoms with Crippen molar-refractivity contribution in [2.24, 2.45) is 0 Å². The lowest BCUT2D eigenvalue weighted by atomic mass is 10.1. The summed E-state index contributed by atoms with van der Waals surface area (Å²) in [6, 6.07) is 7.88. The van der Waals surface area contributed by atoms with Gasteiger partial charge < -0.3 is 16.4 Å². The van der Waals surface area contributed by atoms with E-state index in [2.05, 4.69) is 15.6 Å². The summed E-state index contributed by atoms with van der Waals surface area (Å²) in [6.45, 7) is 1.44. The number of hydrogen-bond acceptors (Lipinski definition) is 4. The number of fused-ring (bicyclic) bond motifs is 1. The molecule has 4 N–H and O–H groups in total. The summed E-state index contributed by atoms with van der Waals surface area (Å²) in [4.78, 5) is 16.0. The molecule has 20 heavy (non-hydrogen) atoms. The molecule has 0 unspecified atom stereocenters. The van der Waals surface area contributed by atoms with Crippen LogP contribution in [0.25, 0.3) is 10.8 Å². The van der Waals surface area contributed by atoms with Crippen molar-refractivity contribution >= 4 is 22.5 Å². The molecule has 1 aliphatic rings. The minimum Gasteiger partial charge on any atom is -0.383 e. The van der Waals surface area contributed by atoms with Crippen molar-refractivity contribution in [3.05, 3.63) is 36.0 Å². The van der Waals surface area contributed by atoms with E-state index in [9.17, 15) is 4.79 Å². The van der Waals surface area contributed by atoms with Gasteiger partial charge in [0.1, 0.15) is 5.82 Å². The summed E-state index contributed by atoms with van der Waals surface area (Å²) >= 11 is 0. The summed E-state index contributed by atoms with van der Waals surface area (Å²) in [5.74, 6) is 0.592. The number of hydrogen-bond donors (Lipinski definition) is 3. The molecule has 1 fully saturated rings. The number of carbonyl (C=O) groups excluding carboxylic acids is 1. The highest BCUT2D eigenvalue weighted by atomic mass is 16.2. The third-order valence-electron chi connectivity index (χ3n) is 3.70. The fraction of sp³-hybridized carbons (Fsp3) is 0.333. The molecular weight excluding hydrogens is 252 g/mol. The van der Waals surface area contributed by atoms with Crippen molar-refractivity contribution in [3.8, 4) is 0 Å². The number of carbonyl (C=O) groups is 1. The summed E-state index contributed by atoms with van der Waals surface area (Å²) in [7, 11) is 0. The van der Waals surface area contributed by atoms with Gasteiger partial charge in [-0.2, -0.15) is 0 Å². The first kappa shape index (κ1) is 12.9. The van der Waals surface area contributed by atoms with Crippen LogP contribution in [-0.4, -0.2) is 23.5 Å². The number of amides is 1. The van der Waals surface area contributed by atoms with Crippen LogP contribution in [0.15, 0.2) is 30.5 Å². The number of nitrogens with two attached hydrogens (primary N) is 1. The Labute approximate surface area is 117 Å². The highest BCUT2D eigenvalue weighted by molar-refractivity contribution is 5.91. The van der Waals surface area contributed by atoms with E-state index >= 15 is 0 Å². The third kappa shape index (κ3) is 2.58. The van der Waals surface area contributed by atoms with Gasteiger partial charge in [0.05, 0.1) is 6.04 Å². The minimum atomic E-state index is -0.0396. The highest BCUT2D eigenvalue weighted by Gasteiger charge is 2.21. The first-order valence-electron chi connectivity index (χ1n) is 6.88. The Morgan fingerprint density at radius 1 is 1.45 bits per heavy atom. The Morgan fingerprint density at radius 2 is 2.35 bits per heavy atom. The first-order valence-corrected chi connectivity index (χ1v) is 6.88. The van der Waals surface area contributed by atoms with E-state index in [0.717, 1.165) is 35.7 Å². The lowest BCUT2D eigenvalue weighted by Gasteiger charge is -2.11. The molecule has 3 rings (SSSR count). The second-order valence-corrected chi connectivity index (χ2v) is 5.12. The van der Waals surface area contributed by atoms with Crippen molar-refractivity contribution in [2.75, 3.05) is 12.3 Å². The molecule has 5 heteroatoms. The van der Waals surface area contributed by atoms with Crippen molar-refractivity contribution in [3.63, 3.8) is 0 Å². The van der Waals surface area contributed by atoms with Gasteiger partial charge in [-0.3, -0.25) is 4.79 Å². The zero-order chi connectivity index (χ0) is 13.9. The molecule has 0 radical (unpaired) electrons. The summed E-state index contributed by atoms with van der Waals surface area (Å²) in [5, 5.41) is 8.14. The zero-order valence-corrected chi connectivity index (χ0v) is 11.2. The molecule has 0 aliphatic carbocycles. The van der Waals surface area contributed by atoms with E-state index in [1.54, 1.807) is 6.20 Å². The molecule has 1 amide bonds. The van der Waals surface area contributed by atoms with Gasteiger partial charge in [0.25, 0.3) is 0 Å². The van der Waals surface area contributed by atoms with Crippen LogP contribution in [0.2, 0.25) is 0 Å². The van der Waals surface area contributed by atoms with E-state index in [4.69, 9.17) is 5.73 Å². The lowest BCUT2D eigenvalue weighted by Crippen LogP contribution is -2.39. The van der Waals surface area contributed by atoms with Crippen LogP contribution >= 0.6 is 0 Å². The van der Waals surface area contributed by atoms with E-state index in [1.807, 2.05) is 24.3 Å². The van der Waals surface area contributed by atoms with Gasteiger partial charge in [0.15, 0.2) is 0 Å². The Balaban J connectivity index is 1.71. The smallest absolute Gasteiger partial charge is 0.237 e. The summed E-state index contributed by atoms with van der Waals surface area (Å²) < 4.78 is 0. The minimum absolute atomic E-state index is 0.0396. The SMILES string of the molecule is Nc1nccc2ccc(CNC(=O)[C@@H]3CCCN3)cc12. The predicted molar refractivity (Wildman–Crippen MR) is 79.0 cm³/mol. The molecule has 0 saturated carbocycles. The number of nitrogen functional groups attached to an aromatic ring is 1.